The van der Waals surface area contributed by atoms with Gasteiger partial charge in [0.2, 0.25) is 0 Å². The van der Waals surface area contributed by atoms with Gasteiger partial charge in [-0.15, -0.1) is 0 Å². The zero-order chi connectivity index (χ0) is 13.1. The first-order valence-electron chi connectivity index (χ1n) is 5.76. The fourth-order valence-corrected chi connectivity index (χ4v) is 1.76. The van der Waals surface area contributed by atoms with Crippen LogP contribution in [-0.2, 0) is 0 Å². The van der Waals surface area contributed by atoms with E-state index in [0.29, 0.717) is 0 Å². The summed E-state index contributed by atoms with van der Waals surface area (Å²) >= 11 is 3.40. The van der Waals surface area contributed by atoms with Crippen molar-refractivity contribution in [2.75, 3.05) is 5.32 Å². The van der Waals surface area contributed by atoms with Gasteiger partial charge in [-0.1, -0.05) is 43.6 Å². The van der Waals surface area contributed by atoms with Gasteiger partial charge >= 0.3 is 0 Å². The predicted molar refractivity (Wildman–Crippen MR) is 75.8 cm³/mol. The maximum absolute atomic E-state index is 9.25. The minimum Gasteiger partial charge on any atom is -0.370 e. The molecule has 0 saturated carbocycles. The van der Waals surface area contributed by atoms with E-state index in [2.05, 4.69) is 55.0 Å². The smallest absolute Gasteiger partial charge is 0.117 e. The van der Waals surface area contributed by atoms with E-state index in [1.165, 1.54) is 0 Å². The molecule has 0 bridgehead atoms. The van der Waals surface area contributed by atoms with Crippen LogP contribution in [0.1, 0.15) is 27.7 Å². The van der Waals surface area contributed by atoms with Crippen LogP contribution in [0.2, 0.25) is 0 Å². The van der Waals surface area contributed by atoms with Crippen LogP contribution in [0.3, 0.4) is 0 Å². The molecule has 2 nitrogen and oxygen atoms in total. The Morgan fingerprint density at radius 2 is 1.76 bits per heavy atom. The summed E-state index contributed by atoms with van der Waals surface area (Å²) in [5.41, 5.74) is 1.10. The highest BCUT2D eigenvalue weighted by molar-refractivity contribution is 9.10. The number of nitriles is 1. The van der Waals surface area contributed by atoms with Crippen molar-refractivity contribution < 1.29 is 0 Å². The summed E-state index contributed by atoms with van der Waals surface area (Å²) in [6.45, 7) is 8.58. The molecule has 1 rings (SSSR count). The molecular weight excluding hydrogens is 276 g/mol. The fourth-order valence-electron chi connectivity index (χ4n) is 1.49. The number of nitrogens with one attached hydrogen (secondary N) is 1. The van der Waals surface area contributed by atoms with Gasteiger partial charge < -0.3 is 5.32 Å². The Labute approximate surface area is 112 Å². The molecule has 0 aliphatic rings. The molecule has 0 aliphatic heterocycles. The van der Waals surface area contributed by atoms with Crippen molar-refractivity contribution >= 4 is 21.6 Å². The summed E-state index contributed by atoms with van der Waals surface area (Å²) < 4.78 is 1.04. The molecule has 3 heteroatoms. The molecule has 1 aromatic rings. The molecule has 1 N–H and O–H groups in total. The van der Waals surface area contributed by atoms with Crippen molar-refractivity contribution in [2.24, 2.45) is 11.3 Å². The van der Waals surface area contributed by atoms with Gasteiger partial charge in [0.1, 0.15) is 6.04 Å². The first-order valence-corrected chi connectivity index (χ1v) is 6.55. The molecule has 0 radical (unpaired) electrons. The average Bonchev–Trinajstić information content (AvgIpc) is 2.26. The third-order valence-corrected chi connectivity index (χ3v) is 3.70. The van der Waals surface area contributed by atoms with Gasteiger partial charge in [-0.05, 0) is 35.6 Å². The highest BCUT2D eigenvalue weighted by Crippen LogP contribution is 2.29. The van der Waals surface area contributed by atoms with Gasteiger partial charge in [0.25, 0.3) is 0 Å². The summed E-state index contributed by atoms with van der Waals surface area (Å²) in [7, 11) is 0. The maximum Gasteiger partial charge on any atom is 0.117 e. The Balaban J connectivity index is 2.78. The van der Waals surface area contributed by atoms with Crippen molar-refractivity contribution in [2.45, 2.75) is 33.7 Å². The predicted octanol–water partition coefficient (Wildman–Crippen LogP) is 4.44. The lowest BCUT2D eigenvalue weighted by atomic mass is 9.78. The highest BCUT2D eigenvalue weighted by atomic mass is 79.9. The largest absolute Gasteiger partial charge is 0.370 e. The second-order valence-corrected chi connectivity index (χ2v) is 6.33. The lowest BCUT2D eigenvalue weighted by Crippen LogP contribution is -2.34. The van der Waals surface area contributed by atoms with Gasteiger partial charge in [0, 0.05) is 10.2 Å². The topological polar surface area (TPSA) is 35.8 Å². The zero-order valence-corrected chi connectivity index (χ0v) is 12.4. The van der Waals surface area contributed by atoms with Gasteiger partial charge in [-0.3, -0.25) is 0 Å². The summed E-state index contributed by atoms with van der Waals surface area (Å²) in [6.07, 6.45) is 0. The molecule has 2 unspecified atom stereocenters. The van der Waals surface area contributed by atoms with Gasteiger partial charge in [-0.2, -0.15) is 5.26 Å². The van der Waals surface area contributed by atoms with E-state index >= 15 is 0 Å². The molecule has 2 atom stereocenters. The number of hydrogen-bond acceptors (Lipinski definition) is 2. The molecule has 0 heterocycles. The Hall–Kier alpha value is -1.01. The average molecular weight is 295 g/mol. The maximum atomic E-state index is 9.25. The number of rotatable bonds is 3. The van der Waals surface area contributed by atoms with Crippen LogP contribution in [0.5, 0.6) is 0 Å². The highest BCUT2D eigenvalue weighted by Gasteiger charge is 2.28. The van der Waals surface area contributed by atoms with Crippen molar-refractivity contribution in [3.63, 3.8) is 0 Å². The summed E-state index contributed by atoms with van der Waals surface area (Å²) in [5, 5.41) is 12.5. The third kappa shape index (κ3) is 4.05. The Morgan fingerprint density at radius 3 is 2.18 bits per heavy atom. The monoisotopic (exact) mass is 294 g/mol. The summed E-state index contributed by atoms with van der Waals surface area (Å²) in [6, 6.07) is 10.1. The molecule has 0 spiro atoms. The summed E-state index contributed by atoms with van der Waals surface area (Å²) in [5.74, 6) is 0.274. The number of benzene rings is 1. The Bertz CT molecular complexity index is 398. The number of nitrogens with zero attached hydrogens (tertiary/aromatic N) is 1. The first-order chi connectivity index (χ1) is 7.84. The Kier molecular flexibility index (Phi) is 4.59. The van der Waals surface area contributed by atoms with Crippen molar-refractivity contribution in [1.29, 1.82) is 5.26 Å². The SMILES string of the molecule is CC(C(C#N)Nc1ccc(Br)cc1)C(C)(C)C. The van der Waals surface area contributed by atoms with Crippen LogP contribution in [0, 0.1) is 22.7 Å². The van der Waals surface area contributed by atoms with Crippen molar-refractivity contribution in [3.05, 3.63) is 28.7 Å². The molecule has 0 aliphatic carbocycles. The van der Waals surface area contributed by atoms with Gasteiger partial charge in [-0.25, -0.2) is 0 Å². The molecule has 0 saturated heterocycles. The number of halogens is 1. The third-order valence-electron chi connectivity index (χ3n) is 3.17. The van der Waals surface area contributed by atoms with E-state index < -0.39 is 0 Å². The van der Waals surface area contributed by atoms with Gasteiger partial charge in [0.15, 0.2) is 0 Å². The van der Waals surface area contributed by atoms with Crippen LogP contribution in [0.15, 0.2) is 28.7 Å². The van der Waals surface area contributed by atoms with Crippen molar-refractivity contribution in [1.82, 2.24) is 0 Å². The van der Waals surface area contributed by atoms with E-state index in [0.717, 1.165) is 10.2 Å². The van der Waals surface area contributed by atoms with Crippen LogP contribution in [0.25, 0.3) is 0 Å². The van der Waals surface area contributed by atoms with Crippen LogP contribution < -0.4 is 5.32 Å². The second-order valence-electron chi connectivity index (χ2n) is 5.41. The second kappa shape index (κ2) is 5.55. The van der Waals surface area contributed by atoms with Crippen LogP contribution in [-0.4, -0.2) is 6.04 Å². The molecule has 92 valence electrons. The zero-order valence-electron chi connectivity index (χ0n) is 10.8. The molecule has 0 fully saturated rings. The normalized spacial score (nSPS) is 14.8. The number of hydrogen-bond donors (Lipinski definition) is 1. The summed E-state index contributed by atoms with van der Waals surface area (Å²) in [4.78, 5) is 0. The lowest BCUT2D eigenvalue weighted by molar-refractivity contribution is 0.252. The first kappa shape index (κ1) is 14.1. The van der Waals surface area contributed by atoms with Crippen LogP contribution in [0.4, 0.5) is 5.69 Å². The lowest BCUT2D eigenvalue weighted by Gasteiger charge is -2.31. The van der Waals surface area contributed by atoms with E-state index in [-0.39, 0.29) is 17.4 Å². The molecule has 0 amide bonds. The van der Waals surface area contributed by atoms with E-state index in [1.54, 1.807) is 0 Å². The van der Waals surface area contributed by atoms with Gasteiger partial charge in [0.05, 0.1) is 6.07 Å². The molecule has 17 heavy (non-hydrogen) atoms. The van der Waals surface area contributed by atoms with E-state index in [1.807, 2.05) is 24.3 Å². The quantitative estimate of drug-likeness (QED) is 0.895. The van der Waals surface area contributed by atoms with E-state index in [4.69, 9.17) is 0 Å². The minimum atomic E-state index is -0.170. The molecule has 0 aromatic heterocycles. The Morgan fingerprint density at radius 1 is 1.24 bits per heavy atom. The number of anilines is 1. The van der Waals surface area contributed by atoms with E-state index in [9.17, 15) is 5.26 Å². The minimum absolute atomic E-state index is 0.114. The van der Waals surface area contributed by atoms with Crippen molar-refractivity contribution in [3.8, 4) is 6.07 Å². The molecule has 1 aromatic carbocycles. The van der Waals surface area contributed by atoms with Crippen LogP contribution >= 0.6 is 15.9 Å². The molecular formula is C14H19BrN2. The standard InChI is InChI=1S/C14H19BrN2/c1-10(14(2,3)4)13(9-16)17-12-7-5-11(15)6-8-12/h5-8,10,13,17H,1-4H3. The fraction of sp³-hybridized carbons (Fsp3) is 0.500.